The Balaban J connectivity index is 2.62. The summed E-state index contributed by atoms with van der Waals surface area (Å²) in [7, 11) is 0. The van der Waals surface area contributed by atoms with Crippen LogP contribution in [0.4, 0.5) is 4.79 Å². The van der Waals surface area contributed by atoms with Gasteiger partial charge in [0, 0.05) is 23.5 Å². The van der Waals surface area contributed by atoms with Gasteiger partial charge < -0.3 is 24.0 Å². The molecule has 2 amide bonds. The van der Waals surface area contributed by atoms with Gasteiger partial charge in [0.2, 0.25) is 0 Å². The zero-order valence-corrected chi connectivity index (χ0v) is 21.5. The van der Waals surface area contributed by atoms with Crippen molar-refractivity contribution in [3.8, 4) is 0 Å². The summed E-state index contributed by atoms with van der Waals surface area (Å²) in [6, 6.07) is -0.244. The summed E-state index contributed by atoms with van der Waals surface area (Å²) in [5, 5.41) is -0.215. The zero-order chi connectivity index (χ0) is 24.8. The quantitative estimate of drug-likeness (QED) is 0.196. The summed E-state index contributed by atoms with van der Waals surface area (Å²) in [5.41, 5.74) is 0. The van der Waals surface area contributed by atoms with Crippen molar-refractivity contribution in [2.45, 2.75) is 57.0 Å². The Hall–Kier alpha value is -1.66. The standard InChI is InChI=1S/C21H37N3O7S2/c1-4-5-18(25)29-9-6-22-14-23(7-10-30-19(26)12-16(2)32)21(28)24(15-22)8-11-31-20(27)13-17(3)33/h16-17,32-33H,4-15H2,1-3H3. The van der Waals surface area contributed by atoms with Crippen molar-refractivity contribution in [2.24, 2.45) is 0 Å². The van der Waals surface area contributed by atoms with E-state index in [2.05, 4.69) is 25.3 Å². The Morgan fingerprint density at radius 1 is 0.818 bits per heavy atom. The van der Waals surface area contributed by atoms with Gasteiger partial charge in [0.1, 0.15) is 19.8 Å². The highest BCUT2D eigenvalue weighted by Crippen LogP contribution is 2.11. The molecule has 12 heteroatoms. The molecule has 0 aliphatic carbocycles. The van der Waals surface area contributed by atoms with Gasteiger partial charge in [0.15, 0.2) is 0 Å². The maximum absolute atomic E-state index is 12.9. The fourth-order valence-corrected chi connectivity index (χ4v) is 3.33. The number of amides is 2. The molecule has 33 heavy (non-hydrogen) atoms. The second kappa shape index (κ2) is 16.0. The molecule has 0 N–H and O–H groups in total. The molecule has 0 aromatic rings. The van der Waals surface area contributed by atoms with Crippen molar-refractivity contribution >= 4 is 49.2 Å². The largest absolute Gasteiger partial charge is 0.464 e. The highest BCUT2D eigenvalue weighted by Gasteiger charge is 2.30. The molecular weight excluding hydrogens is 470 g/mol. The van der Waals surface area contributed by atoms with Crippen LogP contribution in [0.1, 0.15) is 46.5 Å². The summed E-state index contributed by atoms with van der Waals surface area (Å²) in [6.45, 7) is 7.30. The molecule has 1 fully saturated rings. The van der Waals surface area contributed by atoms with Crippen molar-refractivity contribution in [2.75, 3.05) is 52.8 Å². The Bertz CT molecular complexity index is 609. The van der Waals surface area contributed by atoms with Crippen LogP contribution < -0.4 is 0 Å². The highest BCUT2D eigenvalue weighted by atomic mass is 32.1. The van der Waals surface area contributed by atoms with E-state index in [0.717, 1.165) is 0 Å². The molecular formula is C21H37N3O7S2. The van der Waals surface area contributed by atoms with Crippen molar-refractivity contribution in [3.63, 3.8) is 0 Å². The Kier molecular flexibility index (Phi) is 14.3. The van der Waals surface area contributed by atoms with E-state index >= 15 is 0 Å². The van der Waals surface area contributed by atoms with Crippen LogP contribution in [0.25, 0.3) is 0 Å². The number of nitrogens with zero attached hydrogens (tertiary/aromatic N) is 3. The molecule has 2 unspecified atom stereocenters. The molecule has 1 heterocycles. The molecule has 1 aliphatic heterocycles. The number of thiol groups is 2. The van der Waals surface area contributed by atoms with E-state index in [4.69, 9.17) is 14.2 Å². The number of rotatable bonds is 15. The minimum absolute atomic E-state index is 0.0626. The van der Waals surface area contributed by atoms with Crippen molar-refractivity contribution in [1.29, 1.82) is 0 Å². The van der Waals surface area contributed by atoms with Crippen LogP contribution >= 0.6 is 25.3 Å². The van der Waals surface area contributed by atoms with Crippen LogP contribution in [-0.2, 0) is 28.6 Å². The maximum Gasteiger partial charge on any atom is 0.322 e. The molecule has 0 radical (unpaired) electrons. The molecule has 0 spiro atoms. The molecule has 0 saturated carbocycles. The molecule has 2 atom stereocenters. The molecule has 1 saturated heterocycles. The van der Waals surface area contributed by atoms with Crippen molar-refractivity contribution < 1.29 is 33.4 Å². The third kappa shape index (κ3) is 13.0. The first-order valence-corrected chi connectivity index (χ1v) is 12.2. The van der Waals surface area contributed by atoms with Gasteiger partial charge in [-0.2, -0.15) is 25.3 Å². The predicted molar refractivity (Wildman–Crippen MR) is 129 cm³/mol. The van der Waals surface area contributed by atoms with Gasteiger partial charge >= 0.3 is 23.9 Å². The molecule has 190 valence electrons. The van der Waals surface area contributed by atoms with E-state index in [-0.39, 0.29) is 80.2 Å². The zero-order valence-electron chi connectivity index (χ0n) is 19.7. The van der Waals surface area contributed by atoms with Gasteiger partial charge in [-0.1, -0.05) is 20.8 Å². The fraction of sp³-hybridized carbons (Fsp3) is 0.810. The van der Waals surface area contributed by atoms with Gasteiger partial charge in [-0.25, -0.2) is 4.79 Å². The Morgan fingerprint density at radius 3 is 1.67 bits per heavy atom. The highest BCUT2D eigenvalue weighted by molar-refractivity contribution is 7.81. The van der Waals surface area contributed by atoms with Crippen LogP contribution in [0.15, 0.2) is 0 Å². The normalized spacial score (nSPS) is 16.3. The number of hydrogen-bond acceptors (Lipinski definition) is 10. The monoisotopic (exact) mass is 507 g/mol. The van der Waals surface area contributed by atoms with E-state index < -0.39 is 0 Å². The van der Waals surface area contributed by atoms with Crippen molar-refractivity contribution in [1.82, 2.24) is 14.7 Å². The lowest BCUT2D eigenvalue weighted by molar-refractivity contribution is -0.144. The Labute approximate surface area is 207 Å². The minimum Gasteiger partial charge on any atom is -0.464 e. The van der Waals surface area contributed by atoms with E-state index in [1.165, 1.54) is 0 Å². The number of carbonyl (C=O) groups is 4. The average molecular weight is 508 g/mol. The maximum atomic E-state index is 12.9. The number of hydrogen-bond donors (Lipinski definition) is 2. The SMILES string of the molecule is CCCC(=O)OCCN1CN(CCOC(=O)CC(C)S)C(=O)N(CCOC(=O)CC(C)S)C1. The molecule has 10 nitrogen and oxygen atoms in total. The number of carbonyl (C=O) groups excluding carboxylic acids is 4. The third-order valence-electron chi connectivity index (χ3n) is 4.58. The summed E-state index contributed by atoms with van der Waals surface area (Å²) in [4.78, 5) is 53.0. The minimum atomic E-state index is -0.371. The van der Waals surface area contributed by atoms with Gasteiger partial charge in [-0.05, 0) is 6.42 Å². The number of urea groups is 1. The van der Waals surface area contributed by atoms with Crippen LogP contribution in [0, 0.1) is 0 Å². The number of ether oxygens (including phenoxy) is 3. The summed E-state index contributed by atoms with van der Waals surface area (Å²) < 4.78 is 15.6. The van der Waals surface area contributed by atoms with Crippen LogP contribution in [0.2, 0.25) is 0 Å². The Morgan fingerprint density at radius 2 is 1.24 bits per heavy atom. The van der Waals surface area contributed by atoms with Gasteiger partial charge in [0.05, 0.1) is 39.3 Å². The smallest absolute Gasteiger partial charge is 0.322 e. The molecule has 0 aromatic carbocycles. The first-order valence-electron chi connectivity index (χ1n) is 11.2. The van der Waals surface area contributed by atoms with Gasteiger partial charge in [-0.15, -0.1) is 0 Å². The summed E-state index contributed by atoms with van der Waals surface area (Å²) in [6.07, 6.45) is 1.46. The van der Waals surface area contributed by atoms with Crippen LogP contribution in [-0.4, -0.2) is 102 Å². The summed E-state index contributed by atoms with van der Waals surface area (Å²) in [5.74, 6) is -0.998. The van der Waals surface area contributed by atoms with E-state index in [0.29, 0.717) is 32.7 Å². The lowest BCUT2D eigenvalue weighted by Crippen LogP contribution is -2.59. The lowest BCUT2D eigenvalue weighted by atomic mass is 10.3. The van der Waals surface area contributed by atoms with E-state index in [9.17, 15) is 19.2 Å². The average Bonchev–Trinajstić information content (AvgIpc) is 2.70. The predicted octanol–water partition coefficient (Wildman–Crippen LogP) is 1.79. The van der Waals surface area contributed by atoms with Gasteiger partial charge in [-0.3, -0.25) is 19.3 Å². The van der Waals surface area contributed by atoms with Gasteiger partial charge in [0.25, 0.3) is 0 Å². The topological polar surface area (TPSA) is 106 Å². The van der Waals surface area contributed by atoms with E-state index in [1.54, 1.807) is 23.6 Å². The molecule has 1 aliphatic rings. The molecule has 1 rings (SSSR count). The second-order valence-corrected chi connectivity index (χ2v) is 9.77. The second-order valence-electron chi connectivity index (χ2n) is 8.00. The fourth-order valence-electron chi connectivity index (χ4n) is 3.03. The van der Waals surface area contributed by atoms with E-state index in [1.807, 2.05) is 11.8 Å². The number of esters is 3. The third-order valence-corrected chi connectivity index (χ3v) is 4.94. The lowest BCUT2D eigenvalue weighted by Gasteiger charge is -2.41. The van der Waals surface area contributed by atoms with Crippen molar-refractivity contribution in [3.05, 3.63) is 0 Å². The van der Waals surface area contributed by atoms with Crippen LogP contribution in [0.3, 0.4) is 0 Å². The first-order chi connectivity index (χ1) is 15.6. The first kappa shape index (κ1) is 29.4. The molecule has 0 aromatic heterocycles. The summed E-state index contributed by atoms with van der Waals surface area (Å²) >= 11 is 8.34. The van der Waals surface area contributed by atoms with Crippen LogP contribution in [0.5, 0.6) is 0 Å². The molecule has 0 bridgehead atoms.